The van der Waals surface area contributed by atoms with Gasteiger partial charge in [-0.25, -0.2) is 0 Å². The van der Waals surface area contributed by atoms with E-state index in [4.69, 9.17) is 11.6 Å². The van der Waals surface area contributed by atoms with E-state index in [9.17, 15) is 4.21 Å². The lowest BCUT2D eigenvalue weighted by Crippen LogP contribution is -1.96. The van der Waals surface area contributed by atoms with E-state index in [1.165, 1.54) is 5.41 Å². The average Bonchev–Trinajstić information content (AvgIpc) is 1.65. The van der Waals surface area contributed by atoms with Gasteiger partial charge in [-0.15, -0.1) is 11.6 Å². The van der Waals surface area contributed by atoms with Crippen LogP contribution in [0.1, 0.15) is 6.92 Å². The molecule has 2 atom stereocenters. The SMILES string of the molecule is C=CS(=O)C(C)Cl. The first-order valence-corrected chi connectivity index (χ1v) is 3.55. The first kappa shape index (κ1) is 7.18. The topological polar surface area (TPSA) is 17.1 Å². The number of hydrogen-bond acceptors (Lipinski definition) is 1. The molecule has 0 rings (SSSR count). The van der Waals surface area contributed by atoms with Crippen LogP contribution in [0.3, 0.4) is 0 Å². The first-order chi connectivity index (χ1) is 3.18. The van der Waals surface area contributed by atoms with Crippen LogP contribution in [0, 0.1) is 0 Å². The van der Waals surface area contributed by atoms with Gasteiger partial charge in [0, 0.05) is 0 Å². The number of alkyl halides is 1. The summed E-state index contributed by atoms with van der Waals surface area (Å²) in [6.07, 6.45) is 0. The van der Waals surface area contributed by atoms with E-state index in [1.54, 1.807) is 6.92 Å². The molecule has 0 radical (unpaired) electrons. The van der Waals surface area contributed by atoms with Crippen molar-refractivity contribution in [3.05, 3.63) is 12.0 Å². The van der Waals surface area contributed by atoms with Crippen molar-refractivity contribution in [1.29, 1.82) is 0 Å². The fourth-order valence-electron chi connectivity index (χ4n) is 0.133. The van der Waals surface area contributed by atoms with E-state index in [0.717, 1.165) is 0 Å². The van der Waals surface area contributed by atoms with Crippen LogP contribution in [0.15, 0.2) is 12.0 Å². The van der Waals surface area contributed by atoms with E-state index in [0.29, 0.717) is 0 Å². The second kappa shape index (κ2) is 3.22. The van der Waals surface area contributed by atoms with E-state index in [-0.39, 0.29) is 4.71 Å². The smallest absolute Gasteiger partial charge is 0.110 e. The van der Waals surface area contributed by atoms with Crippen LogP contribution in [0.25, 0.3) is 0 Å². The van der Waals surface area contributed by atoms with Crippen molar-refractivity contribution >= 4 is 22.4 Å². The highest BCUT2D eigenvalue weighted by molar-refractivity contribution is 7.89. The summed E-state index contributed by atoms with van der Waals surface area (Å²) in [5.74, 6) is 0. The van der Waals surface area contributed by atoms with Crippen LogP contribution < -0.4 is 0 Å². The molecule has 0 spiro atoms. The Hall–Kier alpha value is 0.180. The van der Waals surface area contributed by atoms with Crippen LogP contribution in [0.4, 0.5) is 0 Å². The molecule has 7 heavy (non-hydrogen) atoms. The predicted octanol–water partition coefficient (Wildman–Crippen LogP) is 1.46. The zero-order valence-electron chi connectivity index (χ0n) is 4.06. The molecule has 0 aromatic rings. The minimum absolute atomic E-state index is 0.308. The van der Waals surface area contributed by atoms with Gasteiger partial charge in [-0.1, -0.05) is 6.58 Å². The molecule has 0 aliphatic rings. The lowest BCUT2D eigenvalue weighted by molar-refractivity contribution is 0.687. The monoisotopic (exact) mass is 138 g/mol. The van der Waals surface area contributed by atoms with Crippen LogP contribution in [-0.2, 0) is 10.8 Å². The van der Waals surface area contributed by atoms with Gasteiger partial charge in [0.05, 0.1) is 10.8 Å². The molecular formula is C4H7ClOS. The Bertz CT molecular complexity index is 89.7. The fourth-order valence-corrected chi connectivity index (χ4v) is 0.616. The lowest BCUT2D eigenvalue weighted by Gasteiger charge is -1.91. The zero-order chi connectivity index (χ0) is 5.86. The molecule has 0 bridgehead atoms. The average molecular weight is 139 g/mol. The molecule has 1 nitrogen and oxygen atoms in total. The van der Waals surface area contributed by atoms with Crippen molar-refractivity contribution in [2.45, 2.75) is 11.6 Å². The Morgan fingerprint density at radius 3 is 2.43 bits per heavy atom. The summed E-state index contributed by atoms with van der Waals surface area (Å²) in [6, 6.07) is 0. The van der Waals surface area contributed by atoms with E-state index in [2.05, 4.69) is 6.58 Å². The van der Waals surface area contributed by atoms with Gasteiger partial charge in [-0.2, -0.15) is 0 Å². The third-order valence-electron chi connectivity index (χ3n) is 0.484. The second-order valence-corrected chi connectivity index (χ2v) is 3.65. The normalized spacial score (nSPS) is 18.0. The van der Waals surface area contributed by atoms with Crippen LogP contribution >= 0.6 is 11.6 Å². The van der Waals surface area contributed by atoms with Crippen molar-refractivity contribution in [2.75, 3.05) is 0 Å². The Balaban J connectivity index is 3.56. The van der Waals surface area contributed by atoms with Crippen molar-refractivity contribution < 1.29 is 4.21 Å². The fraction of sp³-hybridized carbons (Fsp3) is 0.500. The van der Waals surface area contributed by atoms with Gasteiger partial charge in [0.15, 0.2) is 0 Å². The van der Waals surface area contributed by atoms with Gasteiger partial charge in [-0.3, -0.25) is 4.21 Å². The summed E-state index contributed by atoms with van der Waals surface area (Å²) in [5.41, 5.74) is 0. The van der Waals surface area contributed by atoms with Gasteiger partial charge in [0.2, 0.25) is 0 Å². The molecule has 0 aliphatic heterocycles. The van der Waals surface area contributed by atoms with Gasteiger partial charge in [-0.05, 0) is 12.3 Å². The molecule has 42 valence electrons. The molecule has 2 unspecified atom stereocenters. The second-order valence-electron chi connectivity index (χ2n) is 1.04. The standard InChI is InChI=1S/C4H7ClOS/c1-3-7(6)4(2)5/h3-4H,1H2,2H3. The summed E-state index contributed by atoms with van der Waals surface area (Å²) in [6.45, 7) is 4.96. The summed E-state index contributed by atoms with van der Waals surface area (Å²) in [5, 5.41) is 1.33. The minimum atomic E-state index is -1.05. The Kier molecular flexibility index (Phi) is 3.30. The summed E-state index contributed by atoms with van der Waals surface area (Å²) in [4.78, 5) is 0. The maximum absolute atomic E-state index is 10.4. The van der Waals surface area contributed by atoms with E-state index < -0.39 is 10.8 Å². The number of halogens is 1. The number of hydrogen-bond donors (Lipinski definition) is 0. The van der Waals surface area contributed by atoms with Crippen molar-refractivity contribution in [2.24, 2.45) is 0 Å². The molecular weight excluding hydrogens is 132 g/mol. The quantitative estimate of drug-likeness (QED) is 0.528. The molecule has 0 N–H and O–H groups in total. The number of rotatable bonds is 2. The van der Waals surface area contributed by atoms with Gasteiger partial charge >= 0.3 is 0 Å². The zero-order valence-corrected chi connectivity index (χ0v) is 5.63. The third-order valence-corrected chi connectivity index (χ3v) is 1.98. The molecule has 0 heterocycles. The summed E-state index contributed by atoms with van der Waals surface area (Å²) in [7, 11) is -1.05. The van der Waals surface area contributed by atoms with E-state index in [1.807, 2.05) is 0 Å². The van der Waals surface area contributed by atoms with E-state index >= 15 is 0 Å². The Labute approximate surface area is 50.8 Å². The predicted molar refractivity (Wildman–Crippen MR) is 33.7 cm³/mol. The molecule has 0 fully saturated rings. The Morgan fingerprint density at radius 1 is 2.00 bits per heavy atom. The Morgan fingerprint density at radius 2 is 2.43 bits per heavy atom. The van der Waals surface area contributed by atoms with Gasteiger partial charge in [0.1, 0.15) is 4.71 Å². The summed E-state index contributed by atoms with van der Waals surface area (Å²) >= 11 is 5.36. The summed E-state index contributed by atoms with van der Waals surface area (Å²) < 4.78 is 10.1. The first-order valence-electron chi connectivity index (χ1n) is 1.84. The largest absolute Gasteiger partial charge is 0.253 e. The highest BCUT2D eigenvalue weighted by Gasteiger charge is 1.98. The molecule has 0 aliphatic carbocycles. The van der Waals surface area contributed by atoms with Crippen molar-refractivity contribution in [1.82, 2.24) is 0 Å². The molecule has 0 amide bonds. The van der Waals surface area contributed by atoms with Gasteiger partial charge in [0.25, 0.3) is 0 Å². The third kappa shape index (κ3) is 2.83. The molecule has 3 heteroatoms. The van der Waals surface area contributed by atoms with Crippen LogP contribution in [0.5, 0.6) is 0 Å². The van der Waals surface area contributed by atoms with Crippen molar-refractivity contribution in [3.8, 4) is 0 Å². The molecule has 0 aromatic heterocycles. The van der Waals surface area contributed by atoms with Crippen LogP contribution in [-0.4, -0.2) is 8.92 Å². The minimum Gasteiger partial charge on any atom is -0.253 e. The van der Waals surface area contributed by atoms with Gasteiger partial charge < -0.3 is 0 Å². The maximum atomic E-state index is 10.4. The molecule has 0 aromatic carbocycles. The highest BCUT2D eigenvalue weighted by Crippen LogP contribution is 1.99. The maximum Gasteiger partial charge on any atom is 0.110 e. The lowest BCUT2D eigenvalue weighted by atomic mass is 11.0. The highest BCUT2D eigenvalue weighted by atomic mass is 35.5. The molecule has 0 saturated carbocycles. The van der Waals surface area contributed by atoms with Crippen molar-refractivity contribution in [3.63, 3.8) is 0 Å². The van der Waals surface area contributed by atoms with Crippen LogP contribution in [0.2, 0.25) is 0 Å². The molecule has 0 saturated heterocycles.